The molecular formula is C10H20N4O. The Balaban J connectivity index is 2.39. The first-order valence-corrected chi connectivity index (χ1v) is 5.41. The van der Waals surface area contributed by atoms with Gasteiger partial charge in [0.05, 0.1) is 19.7 Å². The highest BCUT2D eigenvalue weighted by atomic mass is 16.5. The van der Waals surface area contributed by atoms with E-state index in [4.69, 9.17) is 4.74 Å². The number of hydrogen-bond donors (Lipinski definition) is 1. The summed E-state index contributed by atoms with van der Waals surface area (Å²) >= 11 is 0. The van der Waals surface area contributed by atoms with Gasteiger partial charge in [0.15, 0.2) is 0 Å². The molecule has 86 valence electrons. The maximum absolute atomic E-state index is 5.28. The molecule has 1 aromatic rings. The van der Waals surface area contributed by atoms with Crippen molar-refractivity contribution in [2.24, 2.45) is 0 Å². The fourth-order valence-corrected chi connectivity index (χ4v) is 1.20. The summed E-state index contributed by atoms with van der Waals surface area (Å²) < 4.78 is 7.16. The lowest BCUT2D eigenvalue weighted by Gasteiger charge is -2.09. The monoisotopic (exact) mass is 212 g/mol. The minimum Gasteiger partial charge on any atom is -0.380 e. The molecule has 1 N–H and O–H groups in total. The van der Waals surface area contributed by atoms with Crippen LogP contribution in [0.2, 0.25) is 0 Å². The van der Waals surface area contributed by atoms with Crippen molar-refractivity contribution in [2.45, 2.75) is 39.9 Å². The highest BCUT2D eigenvalue weighted by Gasteiger charge is 2.04. The molecule has 1 aromatic heterocycles. The Morgan fingerprint density at radius 3 is 3.00 bits per heavy atom. The maximum atomic E-state index is 5.28. The summed E-state index contributed by atoms with van der Waals surface area (Å²) in [4.78, 5) is 4.20. The molecule has 0 aliphatic rings. The third kappa shape index (κ3) is 4.40. The second kappa shape index (κ2) is 6.53. The Hall–Kier alpha value is -0.940. The molecule has 0 saturated carbocycles. The largest absolute Gasteiger partial charge is 0.380 e. The minimum atomic E-state index is 0.460. The normalized spacial score (nSPS) is 11.2. The molecule has 0 amide bonds. The van der Waals surface area contributed by atoms with Crippen LogP contribution in [0.3, 0.4) is 0 Å². The second-order valence-corrected chi connectivity index (χ2v) is 3.63. The zero-order chi connectivity index (χ0) is 11.1. The van der Waals surface area contributed by atoms with Crippen molar-refractivity contribution >= 4 is 0 Å². The van der Waals surface area contributed by atoms with Gasteiger partial charge in [0.1, 0.15) is 12.2 Å². The number of rotatable bonds is 7. The van der Waals surface area contributed by atoms with Gasteiger partial charge in [0.25, 0.3) is 0 Å². The highest BCUT2D eigenvalue weighted by molar-refractivity contribution is 4.84. The molecule has 1 rings (SSSR count). The van der Waals surface area contributed by atoms with E-state index in [2.05, 4.69) is 29.2 Å². The van der Waals surface area contributed by atoms with Gasteiger partial charge in [-0.1, -0.05) is 13.8 Å². The zero-order valence-electron chi connectivity index (χ0n) is 9.73. The fraction of sp³-hybridized carbons (Fsp3) is 0.800. The first kappa shape index (κ1) is 12.1. The number of aromatic nitrogens is 3. The van der Waals surface area contributed by atoms with Crippen molar-refractivity contribution in [1.82, 2.24) is 20.1 Å². The van der Waals surface area contributed by atoms with E-state index in [0.29, 0.717) is 12.6 Å². The number of nitrogens with zero attached hydrogens (tertiary/aromatic N) is 3. The Bertz CT molecular complexity index is 272. The Labute approximate surface area is 90.8 Å². The molecule has 15 heavy (non-hydrogen) atoms. The van der Waals surface area contributed by atoms with Crippen LogP contribution in [-0.4, -0.2) is 34.0 Å². The highest BCUT2D eigenvalue weighted by Crippen LogP contribution is 1.95. The van der Waals surface area contributed by atoms with E-state index in [-0.39, 0.29) is 0 Å². The van der Waals surface area contributed by atoms with Crippen molar-refractivity contribution in [3.63, 3.8) is 0 Å². The Morgan fingerprint density at radius 2 is 2.33 bits per heavy atom. The molecular weight excluding hydrogens is 192 g/mol. The van der Waals surface area contributed by atoms with Crippen LogP contribution in [0, 0.1) is 0 Å². The van der Waals surface area contributed by atoms with Crippen molar-refractivity contribution in [1.29, 1.82) is 0 Å². The lowest BCUT2D eigenvalue weighted by Crippen LogP contribution is -2.24. The van der Waals surface area contributed by atoms with E-state index < -0.39 is 0 Å². The van der Waals surface area contributed by atoms with Crippen molar-refractivity contribution in [2.75, 3.05) is 13.2 Å². The maximum Gasteiger partial charge on any atom is 0.140 e. The van der Waals surface area contributed by atoms with Crippen LogP contribution in [0.4, 0.5) is 0 Å². The molecule has 0 aliphatic carbocycles. The molecule has 0 saturated heterocycles. The molecule has 0 aromatic carbocycles. The average Bonchev–Trinajstić information content (AvgIpc) is 2.63. The summed E-state index contributed by atoms with van der Waals surface area (Å²) in [6.45, 7) is 9.17. The second-order valence-electron chi connectivity index (χ2n) is 3.63. The van der Waals surface area contributed by atoms with Gasteiger partial charge in [-0.25, -0.2) is 9.67 Å². The van der Waals surface area contributed by atoms with Gasteiger partial charge in [-0.05, 0) is 6.92 Å². The van der Waals surface area contributed by atoms with Gasteiger partial charge in [-0.15, -0.1) is 0 Å². The van der Waals surface area contributed by atoms with Gasteiger partial charge in [0, 0.05) is 12.6 Å². The van der Waals surface area contributed by atoms with E-state index >= 15 is 0 Å². The lowest BCUT2D eigenvalue weighted by molar-refractivity contribution is 0.135. The minimum absolute atomic E-state index is 0.460. The van der Waals surface area contributed by atoms with E-state index in [0.717, 1.165) is 25.5 Å². The van der Waals surface area contributed by atoms with E-state index in [1.54, 1.807) is 6.33 Å². The third-order valence-corrected chi connectivity index (χ3v) is 2.02. The van der Waals surface area contributed by atoms with E-state index in [1.165, 1.54) is 0 Å². The number of nitrogens with one attached hydrogen (secondary N) is 1. The molecule has 0 spiro atoms. The number of hydrogen-bond acceptors (Lipinski definition) is 4. The van der Waals surface area contributed by atoms with Crippen molar-refractivity contribution < 1.29 is 4.74 Å². The lowest BCUT2D eigenvalue weighted by atomic mass is 10.4. The number of ether oxygens (including phenoxy) is 1. The van der Waals surface area contributed by atoms with Gasteiger partial charge in [-0.2, -0.15) is 5.10 Å². The Morgan fingerprint density at radius 1 is 1.53 bits per heavy atom. The van der Waals surface area contributed by atoms with Gasteiger partial charge in [0.2, 0.25) is 0 Å². The van der Waals surface area contributed by atoms with Crippen LogP contribution in [0.25, 0.3) is 0 Å². The van der Waals surface area contributed by atoms with Crippen LogP contribution in [-0.2, 0) is 17.8 Å². The van der Waals surface area contributed by atoms with Crippen LogP contribution in [0.15, 0.2) is 6.33 Å². The first-order valence-electron chi connectivity index (χ1n) is 5.41. The quantitative estimate of drug-likeness (QED) is 0.680. The van der Waals surface area contributed by atoms with Crippen molar-refractivity contribution in [3.05, 3.63) is 12.2 Å². The molecule has 0 fully saturated rings. The molecule has 5 nitrogen and oxygen atoms in total. The average molecular weight is 212 g/mol. The van der Waals surface area contributed by atoms with Gasteiger partial charge < -0.3 is 10.1 Å². The summed E-state index contributed by atoms with van der Waals surface area (Å²) in [7, 11) is 0. The third-order valence-electron chi connectivity index (χ3n) is 2.02. The van der Waals surface area contributed by atoms with Crippen LogP contribution < -0.4 is 5.32 Å². The summed E-state index contributed by atoms with van der Waals surface area (Å²) in [6.07, 6.45) is 1.59. The van der Waals surface area contributed by atoms with Crippen LogP contribution in [0.1, 0.15) is 26.6 Å². The zero-order valence-corrected chi connectivity index (χ0v) is 9.73. The SMILES string of the molecule is CCOCCn1ncnc1CNC(C)C. The van der Waals surface area contributed by atoms with E-state index in [9.17, 15) is 0 Å². The van der Waals surface area contributed by atoms with Crippen molar-refractivity contribution in [3.8, 4) is 0 Å². The molecule has 0 radical (unpaired) electrons. The Kier molecular flexibility index (Phi) is 5.28. The van der Waals surface area contributed by atoms with E-state index in [1.807, 2.05) is 11.6 Å². The predicted molar refractivity (Wildman–Crippen MR) is 58.5 cm³/mol. The molecule has 0 unspecified atom stereocenters. The fourth-order valence-electron chi connectivity index (χ4n) is 1.20. The molecule has 0 aliphatic heterocycles. The summed E-state index contributed by atoms with van der Waals surface area (Å²) in [5.74, 6) is 0.961. The predicted octanol–water partition coefficient (Wildman–Crippen LogP) is 0.813. The molecule has 0 atom stereocenters. The van der Waals surface area contributed by atoms with Gasteiger partial charge in [-0.3, -0.25) is 0 Å². The summed E-state index contributed by atoms with van der Waals surface area (Å²) in [5.41, 5.74) is 0. The van der Waals surface area contributed by atoms with Gasteiger partial charge >= 0.3 is 0 Å². The topological polar surface area (TPSA) is 52.0 Å². The standard InChI is InChI=1S/C10H20N4O/c1-4-15-6-5-14-10(12-8-13-14)7-11-9(2)3/h8-9,11H,4-7H2,1-3H3. The van der Waals surface area contributed by atoms with Crippen LogP contribution in [0.5, 0.6) is 0 Å². The summed E-state index contributed by atoms with van der Waals surface area (Å²) in [6, 6.07) is 0.460. The summed E-state index contributed by atoms with van der Waals surface area (Å²) in [5, 5.41) is 7.47. The molecule has 1 heterocycles. The molecule has 0 bridgehead atoms. The smallest absolute Gasteiger partial charge is 0.140 e. The molecule has 5 heteroatoms. The van der Waals surface area contributed by atoms with Crippen LogP contribution >= 0.6 is 0 Å². The first-order chi connectivity index (χ1) is 7.24.